The van der Waals surface area contributed by atoms with Crippen molar-refractivity contribution in [1.29, 1.82) is 0 Å². The smallest absolute Gasteiger partial charge is 0.119 e. The summed E-state index contributed by atoms with van der Waals surface area (Å²) in [6.07, 6.45) is 3.17. The summed E-state index contributed by atoms with van der Waals surface area (Å²) in [7, 11) is 1.68. The molecule has 2 aromatic rings. The average molecular weight is 282 g/mol. The van der Waals surface area contributed by atoms with Crippen LogP contribution in [0.3, 0.4) is 0 Å². The van der Waals surface area contributed by atoms with Crippen molar-refractivity contribution >= 4 is 0 Å². The molecule has 21 heavy (non-hydrogen) atoms. The molecule has 1 aliphatic carbocycles. The predicted octanol–water partition coefficient (Wildman–Crippen LogP) is 3.47. The average Bonchev–Trinajstić information content (AvgIpc) is 2.48. The van der Waals surface area contributed by atoms with Crippen LogP contribution in [0.15, 0.2) is 42.5 Å². The molecule has 0 radical (unpaired) electrons. The number of hydrogen-bond donors (Lipinski definition) is 1. The second-order valence-corrected chi connectivity index (χ2v) is 6.14. The van der Waals surface area contributed by atoms with E-state index in [4.69, 9.17) is 4.74 Å². The maximum absolute atomic E-state index is 11.0. The van der Waals surface area contributed by atoms with Gasteiger partial charge in [0.05, 0.1) is 12.7 Å². The Bertz CT molecular complexity index is 648. The molecule has 1 unspecified atom stereocenters. The number of methoxy groups -OCH3 is 1. The molecule has 0 fully saturated rings. The maximum atomic E-state index is 11.0. The lowest BCUT2D eigenvalue weighted by Gasteiger charge is -2.34. The molecular weight excluding hydrogens is 260 g/mol. The summed E-state index contributed by atoms with van der Waals surface area (Å²) < 4.78 is 5.30. The molecule has 0 saturated heterocycles. The molecule has 1 atom stereocenters. The van der Waals surface area contributed by atoms with Crippen molar-refractivity contribution in [2.45, 2.75) is 38.2 Å². The van der Waals surface area contributed by atoms with Gasteiger partial charge in [0.1, 0.15) is 5.75 Å². The third-order valence-corrected chi connectivity index (χ3v) is 4.57. The van der Waals surface area contributed by atoms with E-state index in [0.717, 1.165) is 25.0 Å². The predicted molar refractivity (Wildman–Crippen MR) is 84.9 cm³/mol. The standard InChI is InChI=1S/C19H22O2/c1-14-5-3-4-6-16(14)12-19(20)10-9-15-7-8-18(21-2)11-17(15)13-19/h3-8,11,20H,9-10,12-13H2,1-2H3. The van der Waals surface area contributed by atoms with Crippen LogP contribution < -0.4 is 4.74 Å². The van der Waals surface area contributed by atoms with Crippen molar-refractivity contribution in [3.05, 3.63) is 64.7 Å². The number of aliphatic hydroxyl groups is 1. The van der Waals surface area contributed by atoms with E-state index in [-0.39, 0.29) is 0 Å². The molecule has 0 bridgehead atoms. The summed E-state index contributed by atoms with van der Waals surface area (Å²) in [4.78, 5) is 0. The largest absolute Gasteiger partial charge is 0.497 e. The number of aryl methyl sites for hydroxylation is 2. The lowest BCUT2D eigenvalue weighted by molar-refractivity contribution is 0.0265. The molecule has 0 aliphatic heterocycles. The molecule has 0 aromatic heterocycles. The highest BCUT2D eigenvalue weighted by Crippen LogP contribution is 2.33. The van der Waals surface area contributed by atoms with Gasteiger partial charge in [-0.25, -0.2) is 0 Å². The van der Waals surface area contributed by atoms with Gasteiger partial charge in [0.15, 0.2) is 0 Å². The number of fused-ring (bicyclic) bond motifs is 1. The van der Waals surface area contributed by atoms with Gasteiger partial charge in [0, 0.05) is 12.8 Å². The van der Waals surface area contributed by atoms with Gasteiger partial charge in [-0.15, -0.1) is 0 Å². The summed E-state index contributed by atoms with van der Waals surface area (Å²) in [5.41, 5.74) is 4.40. The lowest BCUT2D eigenvalue weighted by Crippen LogP contribution is -2.38. The molecule has 2 aromatic carbocycles. The SMILES string of the molecule is COc1ccc2c(c1)CC(O)(Cc1ccccc1C)CC2. The van der Waals surface area contributed by atoms with E-state index >= 15 is 0 Å². The van der Waals surface area contributed by atoms with Gasteiger partial charge in [0.2, 0.25) is 0 Å². The van der Waals surface area contributed by atoms with Crippen molar-refractivity contribution in [1.82, 2.24) is 0 Å². The van der Waals surface area contributed by atoms with Crippen molar-refractivity contribution in [3.8, 4) is 5.75 Å². The van der Waals surface area contributed by atoms with E-state index in [1.165, 1.54) is 22.3 Å². The van der Waals surface area contributed by atoms with Crippen LogP contribution in [0.25, 0.3) is 0 Å². The molecule has 0 spiro atoms. The summed E-state index contributed by atoms with van der Waals surface area (Å²) in [6.45, 7) is 2.11. The van der Waals surface area contributed by atoms with Gasteiger partial charge in [-0.2, -0.15) is 0 Å². The van der Waals surface area contributed by atoms with Crippen LogP contribution >= 0.6 is 0 Å². The zero-order chi connectivity index (χ0) is 14.9. The maximum Gasteiger partial charge on any atom is 0.119 e. The zero-order valence-electron chi connectivity index (χ0n) is 12.7. The van der Waals surface area contributed by atoms with Crippen molar-refractivity contribution in [2.75, 3.05) is 7.11 Å². The Morgan fingerprint density at radius 2 is 1.95 bits per heavy atom. The topological polar surface area (TPSA) is 29.5 Å². The summed E-state index contributed by atoms with van der Waals surface area (Å²) in [5, 5.41) is 11.0. The quantitative estimate of drug-likeness (QED) is 0.934. The number of ether oxygens (including phenoxy) is 1. The minimum Gasteiger partial charge on any atom is -0.497 e. The first-order valence-electron chi connectivity index (χ1n) is 7.52. The molecular formula is C19H22O2. The molecule has 110 valence electrons. The highest BCUT2D eigenvalue weighted by atomic mass is 16.5. The Morgan fingerprint density at radius 3 is 2.71 bits per heavy atom. The molecule has 0 heterocycles. The molecule has 1 aliphatic rings. The fourth-order valence-electron chi connectivity index (χ4n) is 3.26. The molecule has 2 heteroatoms. The Kier molecular flexibility index (Phi) is 3.73. The lowest BCUT2D eigenvalue weighted by atomic mass is 9.76. The Morgan fingerprint density at radius 1 is 1.14 bits per heavy atom. The fraction of sp³-hybridized carbons (Fsp3) is 0.368. The monoisotopic (exact) mass is 282 g/mol. The van der Waals surface area contributed by atoms with E-state index in [0.29, 0.717) is 6.42 Å². The van der Waals surface area contributed by atoms with Crippen molar-refractivity contribution in [2.24, 2.45) is 0 Å². The van der Waals surface area contributed by atoms with Crippen LogP contribution in [0.2, 0.25) is 0 Å². The summed E-state index contributed by atoms with van der Waals surface area (Å²) in [5.74, 6) is 0.869. The van der Waals surface area contributed by atoms with Crippen LogP contribution in [0.5, 0.6) is 5.75 Å². The van der Waals surface area contributed by atoms with Crippen LogP contribution in [-0.2, 0) is 19.3 Å². The van der Waals surface area contributed by atoms with Gasteiger partial charge in [0.25, 0.3) is 0 Å². The van der Waals surface area contributed by atoms with Crippen LogP contribution in [0, 0.1) is 6.92 Å². The normalized spacial score (nSPS) is 20.9. The zero-order valence-corrected chi connectivity index (χ0v) is 12.7. The fourth-order valence-corrected chi connectivity index (χ4v) is 3.26. The Balaban J connectivity index is 1.85. The molecule has 2 nitrogen and oxygen atoms in total. The summed E-state index contributed by atoms with van der Waals surface area (Å²) in [6, 6.07) is 14.5. The van der Waals surface area contributed by atoms with Crippen LogP contribution in [0.1, 0.15) is 28.7 Å². The number of hydrogen-bond acceptors (Lipinski definition) is 2. The minimum atomic E-state index is -0.647. The Labute approximate surface area is 126 Å². The van der Waals surface area contributed by atoms with Crippen molar-refractivity contribution in [3.63, 3.8) is 0 Å². The molecule has 1 N–H and O–H groups in total. The highest BCUT2D eigenvalue weighted by Gasteiger charge is 2.32. The van der Waals surface area contributed by atoms with E-state index in [1.54, 1.807) is 7.11 Å². The first kappa shape index (κ1) is 14.2. The van der Waals surface area contributed by atoms with E-state index in [1.807, 2.05) is 18.2 Å². The first-order chi connectivity index (χ1) is 10.1. The van der Waals surface area contributed by atoms with Gasteiger partial charge in [-0.3, -0.25) is 0 Å². The molecule has 3 rings (SSSR count). The van der Waals surface area contributed by atoms with Gasteiger partial charge >= 0.3 is 0 Å². The number of benzene rings is 2. The Hall–Kier alpha value is -1.80. The molecule has 0 saturated carbocycles. The second kappa shape index (κ2) is 5.53. The third kappa shape index (κ3) is 2.96. The van der Waals surface area contributed by atoms with E-state index in [9.17, 15) is 5.11 Å². The van der Waals surface area contributed by atoms with Gasteiger partial charge in [-0.05, 0) is 54.2 Å². The van der Waals surface area contributed by atoms with Gasteiger partial charge < -0.3 is 9.84 Å². The van der Waals surface area contributed by atoms with E-state index in [2.05, 4.69) is 31.2 Å². The van der Waals surface area contributed by atoms with Gasteiger partial charge in [-0.1, -0.05) is 30.3 Å². The first-order valence-corrected chi connectivity index (χ1v) is 7.52. The van der Waals surface area contributed by atoms with Crippen molar-refractivity contribution < 1.29 is 9.84 Å². The van der Waals surface area contributed by atoms with Crippen LogP contribution in [-0.4, -0.2) is 17.8 Å². The summed E-state index contributed by atoms with van der Waals surface area (Å²) >= 11 is 0. The molecule has 0 amide bonds. The van der Waals surface area contributed by atoms with Crippen LogP contribution in [0.4, 0.5) is 0 Å². The third-order valence-electron chi connectivity index (χ3n) is 4.57. The highest BCUT2D eigenvalue weighted by molar-refractivity contribution is 5.39. The second-order valence-electron chi connectivity index (χ2n) is 6.14. The number of rotatable bonds is 3. The minimum absolute atomic E-state index is 0.647. The van der Waals surface area contributed by atoms with E-state index < -0.39 is 5.60 Å².